The van der Waals surface area contributed by atoms with E-state index in [1.165, 1.54) is 24.3 Å². The van der Waals surface area contributed by atoms with Gasteiger partial charge in [-0.15, -0.1) is 0 Å². The molecule has 2 rings (SSSR count). The molecule has 0 radical (unpaired) electrons. The van der Waals surface area contributed by atoms with Gasteiger partial charge < -0.3 is 5.32 Å². The number of hydrogen-bond acceptors (Lipinski definition) is 5. The maximum Gasteiger partial charge on any atom is 0.240 e. The second-order valence-corrected chi connectivity index (χ2v) is 10.8. The topological polar surface area (TPSA) is 109 Å². The lowest BCUT2D eigenvalue weighted by Crippen LogP contribution is -2.25. The number of sulfone groups is 1. The Labute approximate surface area is 176 Å². The second-order valence-electron chi connectivity index (χ2n) is 6.48. The van der Waals surface area contributed by atoms with E-state index in [4.69, 9.17) is 11.6 Å². The molecule has 2 aromatic rings. The SMILES string of the molecule is CCCCNS(=O)(=O)c1ccc(NC(=O)CS(=O)(=O)Cc2ccc(Cl)cc2)cc1. The summed E-state index contributed by atoms with van der Waals surface area (Å²) < 4.78 is 51.2. The number of sulfonamides is 1. The van der Waals surface area contributed by atoms with Gasteiger partial charge in [-0.1, -0.05) is 37.1 Å². The van der Waals surface area contributed by atoms with Crippen LogP contribution in [0.2, 0.25) is 5.02 Å². The minimum Gasteiger partial charge on any atom is -0.325 e. The minimum absolute atomic E-state index is 0.0713. The molecule has 0 heterocycles. The van der Waals surface area contributed by atoms with E-state index in [-0.39, 0.29) is 10.6 Å². The van der Waals surface area contributed by atoms with E-state index in [0.29, 0.717) is 22.8 Å². The monoisotopic (exact) mass is 458 g/mol. The molecule has 0 unspecified atom stereocenters. The average molecular weight is 459 g/mol. The third-order valence-electron chi connectivity index (χ3n) is 3.92. The fourth-order valence-corrected chi connectivity index (χ4v) is 4.94. The van der Waals surface area contributed by atoms with Gasteiger partial charge in [0.15, 0.2) is 9.84 Å². The van der Waals surface area contributed by atoms with Crippen LogP contribution in [0.1, 0.15) is 25.3 Å². The molecule has 0 fully saturated rings. The fraction of sp³-hybridized carbons (Fsp3) is 0.316. The van der Waals surface area contributed by atoms with Crippen LogP contribution in [0, 0.1) is 0 Å². The van der Waals surface area contributed by atoms with E-state index in [0.717, 1.165) is 12.8 Å². The van der Waals surface area contributed by atoms with Gasteiger partial charge in [0.1, 0.15) is 5.75 Å². The second kappa shape index (κ2) is 10.2. The van der Waals surface area contributed by atoms with Crippen molar-refractivity contribution in [2.24, 2.45) is 0 Å². The van der Waals surface area contributed by atoms with Crippen LogP contribution >= 0.6 is 11.6 Å². The Bertz CT molecular complexity index is 1040. The van der Waals surface area contributed by atoms with Crippen molar-refractivity contribution in [1.82, 2.24) is 4.72 Å². The van der Waals surface area contributed by atoms with E-state index in [1.807, 2.05) is 6.92 Å². The first-order chi connectivity index (χ1) is 13.6. The molecule has 0 saturated heterocycles. The molecular weight excluding hydrogens is 436 g/mol. The highest BCUT2D eigenvalue weighted by molar-refractivity contribution is 7.91. The number of carbonyl (C=O) groups excluding carboxylic acids is 1. The highest BCUT2D eigenvalue weighted by Gasteiger charge is 2.18. The van der Waals surface area contributed by atoms with Crippen LogP contribution in [-0.4, -0.2) is 35.0 Å². The van der Waals surface area contributed by atoms with E-state index >= 15 is 0 Å². The van der Waals surface area contributed by atoms with Crippen LogP contribution in [-0.2, 0) is 30.4 Å². The molecular formula is C19H23ClN2O5S2. The van der Waals surface area contributed by atoms with Gasteiger partial charge in [0.25, 0.3) is 0 Å². The standard InChI is InChI=1S/C19H23ClN2O5S2/c1-2-3-12-21-29(26,27)18-10-8-17(9-11-18)22-19(23)14-28(24,25)13-15-4-6-16(20)7-5-15/h4-11,21H,2-3,12-14H2,1H3,(H,22,23). The molecule has 2 N–H and O–H groups in total. The van der Waals surface area contributed by atoms with Gasteiger partial charge in [-0.3, -0.25) is 4.79 Å². The molecule has 0 aromatic heterocycles. The van der Waals surface area contributed by atoms with E-state index in [1.54, 1.807) is 24.3 Å². The summed E-state index contributed by atoms with van der Waals surface area (Å²) >= 11 is 5.77. The Morgan fingerprint density at radius 2 is 1.59 bits per heavy atom. The van der Waals surface area contributed by atoms with Crippen molar-refractivity contribution < 1.29 is 21.6 Å². The molecule has 1 amide bonds. The molecule has 0 aliphatic carbocycles. The fourth-order valence-electron chi connectivity index (χ4n) is 2.47. The van der Waals surface area contributed by atoms with Gasteiger partial charge in [0.2, 0.25) is 15.9 Å². The molecule has 158 valence electrons. The Kier molecular flexibility index (Phi) is 8.21. The molecule has 0 aliphatic rings. The summed E-state index contributed by atoms with van der Waals surface area (Å²) in [7, 11) is -7.28. The lowest BCUT2D eigenvalue weighted by atomic mass is 10.2. The molecule has 0 atom stereocenters. The average Bonchev–Trinajstić information content (AvgIpc) is 2.63. The third kappa shape index (κ3) is 7.77. The van der Waals surface area contributed by atoms with Crippen LogP contribution in [0.3, 0.4) is 0 Å². The normalized spacial score (nSPS) is 11.9. The van der Waals surface area contributed by atoms with Crippen LogP contribution in [0.4, 0.5) is 5.69 Å². The molecule has 29 heavy (non-hydrogen) atoms. The van der Waals surface area contributed by atoms with Crippen LogP contribution in [0.25, 0.3) is 0 Å². The van der Waals surface area contributed by atoms with Gasteiger partial charge >= 0.3 is 0 Å². The van der Waals surface area contributed by atoms with Crippen LogP contribution in [0.15, 0.2) is 53.4 Å². The lowest BCUT2D eigenvalue weighted by Gasteiger charge is -2.09. The first-order valence-corrected chi connectivity index (χ1v) is 12.6. The Morgan fingerprint density at radius 1 is 0.966 bits per heavy atom. The molecule has 0 spiro atoms. The van der Waals surface area contributed by atoms with Crippen molar-refractivity contribution in [2.75, 3.05) is 17.6 Å². The molecule has 7 nitrogen and oxygen atoms in total. The zero-order chi connectivity index (χ0) is 21.5. The maximum absolute atomic E-state index is 12.2. The number of amides is 1. The van der Waals surface area contributed by atoms with E-state index in [2.05, 4.69) is 10.0 Å². The third-order valence-corrected chi connectivity index (χ3v) is 7.13. The van der Waals surface area contributed by atoms with Crippen molar-refractivity contribution in [3.05, 3.63) is 59.1 Å². The van der Waals surface area contributed by atoms with Gasteiger partial charge in [0.05, 0.1) is 10.6 Å². The number of halogens is 1. The number of hydrogen-bond donors (Lipinski definition) is 2. The van der Waals surface area contributed by atoms with Crippen molar-refractivity contribution in [3.63, 3.8) is 0 Å². The smallest absolute Gasteiger partial charge is 0.240 e. The Hall–Kier alpha value is -1.94. The van der Waals surface area contributed by atoms with Crippen LogP contribution in [0.5, 0.6) is 0 Å². The van der Waals surface area contributed by atoms with E-state index < -0.39 is 31.5 Å². The summed E-state index contributed by atoms with van der Waals surface area (Å²) in [5.41, 5.74) is 0.844. The molecule has 2 aromatic carbocycles. The zero-order valence-electron chi connectivity index (χ0n) is 15.9. The lowest BCUT2D eigenvalue weighted by molar-refractivity contribution is -0.113. The molecule has 0 bridgehead atoms. The molecule has 0 saturated carbocycles. The number of unbranched alkanes of at least 4 members (excludes halogenated alkanes) is 1. The maximum atomic E-state index is 12.2. The van der Waals surface area contributed by atoms with E-state index in [9.17, 15) is 21.6 Å². The minimum atomic E-state index is -3.67. The highest BCUT2D eigenvalue weighted by Crippen LogP contribution is 2.15. The first kappa shape index (κ1) is 23.3. The predicted molar refractivity (Wildman–Crippen MR) is 114 cm³/mol. The van der Waals surface area contributed by atoms with Gasteiger partial charge in [-0.2, -0.15) is 0 Å². The van der Waals surface area contributed by atoms with Crippen molar-refractivity contribution in [1.29, 1.82) is 0 Å². The van der Waals surface area contributed by atoms with Gasteiger partial charge in [-0.25, -0.2) is 21.6 Å². The summed E-state index contributed by atoms with van der Waals surface area (Å²) in [4.78, 5) is 12.2. The largest absolute Gasteiger partial charge is 0.325 e. The molecule has 10 heteroatoms. The Balaban J connectivity index is 1.95. The summed E-state index contributed by atoms with van der Waals surface area (Å²) in [5.74, 6) is -1.66. The van der Waals surface area contributed by atoms with Crippen molar-refractivity contribution in [3.8, 4) is 0 Å². The van der Waals surface area contributed by atoms with Gasteiger partial charge in [-0.05, 0) is 48.4 Å². The number of nitrogens with one attached hydrogen (secondary N) is 2. The summed E-state index contributed by atoms with van der Waals surface area (Å²) in [5, 5.41) is 2.96. The summed E-state index contributed by atoms with van der Waals surface area (Å²) in [6, 6.07) is 11.9. The summed E-state index contributed by atoms with van der Waals surface area (Å²) in [6.45, 7) is 2.31. The summed E-state index contributed by atoms with van der Waals surface area (Å²) in [6.07, 6.45) is 1.60. The number of benzene rings is 2. The predicted octanol–water partition coefficient (Wildman–Crippen LogP) is 2.97. The molecule has 0 aliphatic heterocycles. The van der Waals surface area contributed by atoms with Crippen molar-refractivity contribution in [2.45, 2.75) is 30.4 Å². The quantitative estimate of drug-likeness (QED) is 0.532. The van der Waals surface area contributed by atoms with Crippen LogP contribution < -0.4 is 10.0 Å². The zero-order valence-corrected chi connectivity index (χ0v) is 18.3. The Morgan fingerprint density at radius 3 is 2.17 bits per heavy atom. The van der Waals surface area contributed by atoms with Crippen molar-refractivity contribution >= 4 is 43.1 Å². The number of anilines is 1. The number of carbonyl (C=O) groups is 1. The number of rotatable bonds is 10. The first-order valence-electron chi connectivity index (χ1n) is 8.96. The van der Waals surface area contributed by atoms with Gasteiger partial charge in [0, 0.05) is 17.3 Å². The highest BCUT2D eigenvalue weighted by atomic mass is 35.5.